The van der Waals surface area contributed by atoms with Crippen LogP contribution < -0.4 is 4.74 Å². The Balaban J connectivity index is 2.02. The minimum atomic E-state index is -0.101. The number of phenols is 1. The van der Waals surface area contributed by atoms with Gasteiger partial charge in [0.25, 0.3) is 0 Å². The molecule has 0 aliphatic heterocycles. The third kappa shape index (κ3) is 3.57. The van der Waals surface area contributed by atoms with Gasteiger partial charge < -0.3 is 9.84 Å². The molecule has 2 aromatic rings. The third-order valence-electron chi connectivity index (χ3n) is 2.91. The van der Waals surface area contributed by atoms with E-state index in [2.05, 4.69) is 4.98 Å². The smallest absolute Gasteiger partial charge is 0.166 e. The first kappa shape index (κ1) is 14.1. The lowest BCUT2D eigenvalue weighted by atomic mass is 10.0. The highest BCUT2D eigenvalue weighted by molar-refractivity contribution is 5.98. The molecule has 4 heteroatoms. The molecule has 1 aromatic heterocycles. The van der Waals surface area contributed by atoms with E-state index in [-0.39, 0.29) is 11.5 Å². The second-order valence-corrected chi connectivity index (χ2v) is 4.36. The van der Waals surface area contributed by atoms with Gasteiger partial charge in [0.2, 0.25) is 0 Å². The van der Waals surface area contributed by atoms with E-state index in [1.54, 1.807) is 18.3 Å². The van der Waals surface area contributed by atoms with Crippen molar-refractivity contribution in [2.45, 2.75) is 19.8 Å². The Hall–Kier alpha value is -2.36. The van der Waals surface area contributed by atoms with Gasteiger partial charge in [0.1, 0.15) is 11.5 Å². The van der Waals surface area contributed by atoms with Crippen molar-refractivity contribution in [1.29, 1.82) is 0 Å². The Morgan fingerprint density at radius 1 is 1.30 bits per heavy atom. The predicted octanol–water partition coefficient (Wildman–Crippen LogP) is 3.00. The van der Waals surface area contributed by atoms with Crippen molar-refractivity contribution in [2.75, 3.05) is 6.61 Å². The lowest BCUT2D eigenvalue weighted by molar-refractivity contribution is 0.0980. The number of aryl methyl sites for hydroxylation is 1. The van der Waals surface area contributed by atoms with Crippen LogP contribution >= 0.6 is 0 Å². The maximum absolute atomic E-state index is 12.1. The van der Waals surface area contributed by atoms with Crippen molar-refractivity contribution in [2.24, 2.45) is 0 Å². The van der Waals surface area contributed by atoms with E-state index in [0.717, 1.165) is 5.69 Å². The third-order valence-corrected chi connectivity index (χ3v) is 2.91. The topological polar surface area (TPSA) is 59.4 Å². The molecule has 0 aliphatic rings. The summed E-state index contributed by atoms with van der Waals surface area (Å²) in [6, 6.07) is 10.4. The van der Waals surface area contributed by atoms with Crippen molar-refractivity contribution in [3.8, 4) is 11.5 Å². The Bertz CT molecular complexity index is 582. The van der Waals surface area contributed by atoms with Crippen LogP contribution in [-0.4, -0.2) is 22.5 Å². The van der Waals surface area contributed by atoms with Crippen LogP contribution in [0.1, 0.15) is 29.4 Å². The number of nitrogens with zero attached hydrogens (tertiary/aromatic N) is 1. The van der Waals surface area contributed by atoms with Gasteiger partial charge in [-0.1, -0.05) is 6.07 Å². The van der Waals surface area contributed by atoms with E-state index in [9.17, 15) is 9.90 Å². The number of benzene rings is 1. The lowest BCUT2D eigenvalue weighted by Crippen LogP contribution is -2.03. The number of Topliss-reactive ketones (excluding diaryl/α,β-unsaturated/α-hetero) is 1. The Morgan fingerprint density at radius 2 is 2.15 bits per heavy atom. The Morgan fingerprint density at radius 3 is 2.80 bits per heavy atom. The van der Waals surface area contributed by atoms with Gasteiger partial charge in [0, 0.05) is 24.4 Å². The van der Waals surface area contributed by atoms with Crippen LogP contribution in [0.5, 0.6) is 11.5 Å². The SMILES string of the molecule is CCOc1ccc(C(=O)CCc2ccccn2)c(O)c1. The van der Waals surface area contributed by atoms with Gasteiger partial charge in [0.05, 0.1) is 12.2 Å². The molecule has 1 aromatic carbocycles. The predicted molar refractivity (Wildman–Crippen MR) is 76.2 cm³/mol. The zero-order valence-electron chi connectivity index (χ0n) is 11.4. The number of ether oxygens (including phenoxy) is 1. The molecule has 0 amide bonds. The summed E-state index contributed by atoms with van der Waals surface area (Å²) in [4.78, 5) is 16.2. The summed E-state index contributed by atoms with van der Waals surface area (Å²) in [6.07, 6.45) is 2.58. The Kier molecular flexibility index (Phi) is 4.71. The summed E-state index contributed by atoms with van der Waals surface area (Å²) in [7, 11) is 0. The highest BCUT2D eigenvalue weighted by atomic mass is 16.5. The zero-order valence-corrected chi connectivity index (χ0v) is 11.4. The van der Waals surface area contributed by atoms with Crippen molar-refractivity contribution < 1.29 is 14.6 Å². The molecule has 0 saturated heterocycles. The maximum atomic E-state index is 12.1. The number of phenolic OH excluding ortho intramolecular Hbond substituents is 1. The van der Waals surface area contributed by atoms with Gasteiger partial charge >= 0.3 is 0 Å². The summed E-state index contributed by atoms with van der Waals surface area (Å²) in [5.74, 6) is 0.421. The van der Waals surface area contributed by atoms with Crippen LogP contribution in [0.4, 0.5) is 0 Å². The number of aromatic nitrogens is 1. The average Bonchev–Trinajstić information content (AvgIpc) is 2.46. The molecule has 0 unspecified atom stereocenters. The van der Waals surface area contributed by atoms with Gasteiger partial charge in [-0.15, -0.1) is 0 Å². The molecule has 0 fully saturated rings. The molecule has 0 aliphatic carbocycles. The second-order valence-electron chi connectivity index (χ2n) is 4.36. The molecule has 2 rings (SSSR count). The van der Waals surface area contributed by atoms with Gasteiger partial charge in [0.15, 0.2) is 5.78 Å². The summed E-state index contributed by atoms with van der Waals surface area (Å²) in [6.45, 7) is 2.38. The fourth-order valence-electron chi connectivity index (χ4n) is 1.93. The van der Waals surface area contributed by atoms with Gasteiger partial charge in [-0.05, 0) is 37.6 Å². The van der Waals surface area contributed by atoms with E-state index >= 15 is 0 Å². The summed E-state index contributed by atoms with van der Waals surface area (Å²) in [5.41, 5.74) is 1.19. The molecule has 0 atom stereocenters. The van der Waals surface area contributed by atoms with Crippen LogP contribution in [0.25, 0.3) is 0 Å². The minimum Gasteiger partial charge on any atom is -0.507 e. The average molecular weight is 271 g/mol. The highest BCUT2D eigenvalue weighted by Gasteiger charge is 2.12. The molecule has 0 saturated carbocycles. The largest absolute Gasteiger partial charge is 0.507 e. The maximum Gasteiger partial charge on any atom is 0.166 e. The molecule has 0 bridgehead atoms. The Labute approximate surface area is 118 Å². The van der Waals surface area contributed by atoms with E-state index < -0.39 is 0 Å². The fraction of sp³-hybridized carbons (Fsp3) is 0.250. The molecule has 0 spiro atoms. The molecule has 0 radical (unpaired) electrons. The summed E-state index contributed by atoms with van der Waals surface area (Å²) in [5, 5.41) is 9.87. The normalized spacial score (nSPS) is 10.2. The van der Waals surface area contributed by atoms with Gasteiger partial charge in [-0.2, -0.15) is 0 Å². The molecule has 104 valence electrons. The van der Waals surface area contributed by atoms with Crippen LogP contribution in [0.15, 0.2) is 42.6 Å². The molecule has 4 nitrogen and oxygen atoms in total. The van der Waals surface area contributed by atoms with Crippen molar-refractivity contribution in [1.82, 2.24) is 4.98 Å². The number of hydrogen-bond donors (Lipinski definition) is 1. The molecule has 1 N–H and O–H groups in total. The second kappa shape index (κ2) is 6.70. The lowest BCUT2D eigenvalue weighted by Gasteiger charge is -2.07. The number of pyridine rings is 1. The highest BCUT2D eigenvalue weighted by Crippen LogP contribution is 2.25. The summed E-state index contributed by atoms with van der Waals surface area (Å²) >= 11 is 0. The number of hydrogen-bond acceptors (Lipinski definition) is 4. The van der Waals surface area contributed by atoms with E-state index in [1.807, 2.05) is 25.1 Å². The van der Waals surface area contributed by atoms with E-state index in [0.29, 0.717) is 30.8 Å². The quantitative estimate of drug-likeness (QED) is 0.820. The van der Waals surface area contributed by atoms with Crippen molar-refractivity contribution in [3.63, 3.8) is 0 Å². The first-order valence-corrected chi connectivity index (χ1v) is 6.59. The van der Waals surface area contributed by atoms with Crippen LogP contribution in [0.3, 0.4) is 0 Å². The number of aromatic hydroxyl groups is 1. The monoisotopic (exact) mass is 271 g/mol. The number of carbonyl (C=O) groups is 1. The van der Waals surface area contributed by atoms with E-state index in [1.165, 1.54) is 6.07 Å². The molecule has 1 heterocycles. The number of ketones is 1. The van der Waals surface area contributed by atoms with E-state index in [4.69, 9.17) is 4.74 Å². The zero-order chi connectivity index (χ0) is 14.4. The van der Waals surface area contributed by atoms with Crippen LogP contribution in [0, 0.1) is 0 Å². The van der Waals surface area contributed by atoms with Gasteiger partial charge in [-0.25, -0.2) is 0 Å². The standard InChI is InChI=1S/C16H17NO3/c1-2-20-13-7-8-14(16(19)11-13)15(18)9-6-12-5-3-4-10-17-12/h3-5,7-8,10-11,19H,2,6,9H2,1H3. The van der Waals surface area contributed by atoms with Crippen molar-refractivity contribution >= 4 is 5.78 Å². The first-order chi connectivity index (χ1) is 9.70. The molecule has 20 heavy (non-hydrogen) atoms. The van der Waals surface area contributed by atoms with Crippen LogP contribution in [-0.2, 0) is 6.42 Å². The van der Waals surface area contributed by atoms with Crippen LogP contribution in [0.2, 0.25) is 0 Å². The molecular weight excluding hydrogens is 254 g/mol. The van der Waals surface area contributed by atoms with Crippen molar-refractivity contribution in [3.05, 3.63) is 53.9 Å². The fourth-order valence-corrected chi connectivity index (χ4v) is 1.93. The minimum absolute atomic E-state index is 0.0398. The number of carbonyl (C=O) groups excluding carboxylic acids is 1. The van der Waals surface area contributed by atoms with Gasteiger partial charge in [-0.3, -0.25) is 9.78 Å². The molecular formula is C16H17NO3. The first-order valence-electron chi connectivity index (χ1n) is 6.59. The number of rotatable bonds is 6. The summed E-state index contributed by atoms with van der Waals surface area (Å²) < 4.78 is 5.27.